The Morgan fingerprint density at radius 1 is 1.10 bits per heavy atom. The van der Waals surface area contributed by atoms with Crippen LogP contribution < -0.4 is 10.6 Å². The zero-order chi connectivity index (χ0) is 21.9. The van der Waals surface area contributed by atoms with Crippen molar-refractivity contribution < 1.29 is 9.53 Å². The summed E-state index contributed by atoms with van der Waals surface area (Å²) in [7, 11) is 3.51. The van der Waals surface area contributed by atoms with E-state index >= 15 is 0 Å². The molecule has 7 heteroatoms. The fourth-order valence-electron chi connectivity index (χ4n) is 4.51. The standard InChI is InChI=1S/C24H39N5O2/c1-25-24(27-22-10-12-28(13-11-22)16-17-31-2)26-19-23(30)29-14-8-21(9-15-29)18-20-6-4-3-5-7-20/h3-7,21-22H,8-19H2,1-2H3,(H2,25,26,27). The number of benzene rings is 1. The van der Waals surface area contributed by atoms with Gasteiger partial charge in [-0.1, -0.05) is 30.3 Å². The maximum absolute atomic E-state index is 12.7. The summed E-state index contributed by atoms with van der Waals surface area (Å²) >= 11 is 0. The highest BCUT2D eigenvalue weighted by atomic mass is 16.5. The highest BCUT2D eigenvalue weighted by Crippen LogP contribution is 2.21. The molecule has 0 aromatic heterocycles. The van der Waals surface area contributed by atoms with Gasteiger partial charge in [0.25, 0.3) is 0 Å². The van der Waals surface area contributed by atoms with Crippen LogP contribution in [0.1, 0.15) is 31.2 Å². The van der Waals surface area contributed by atoms with Crippen molar-refractivity contribution in [2.24, 2.45) is 10.9 Å². The van der Waals surface area contributed by atoms with Crippen LogP contribution in [0.5, 0.6) is 0 Å². The van der Waals surface area contributed by atoms with Crippen molar-refractivity contribution in [3.8, 4) is 0 Å². The largest absolute Gasteiger partial charge is 0.383 e. The molecule has 31 heavy (non-hydrogen) atoms. The third kappa shape index (κ3) is 7.82. The number of likely N-dealkylation sites (tertiary alicyclic amines) is 2. The molecule has 1 amide bonds. The minimum Gasteiger partial charge on any atom is -0.383 e. The van der Waals surface area contributed by atoms with Gasteiger partial charge in [-0.15, -0.1) is 0 Å². The van der Waals surface area contributed by atoms with Crippen molar-refractivity contribution in [1.82, 2.24) is 20.4 Å². The smallest absolute Gasteiger partial charge is 0.241 e. The third-order valence-corrected chi connectivity index (χ3v) is 6.51. The molecule has 2 fully saturated rings. The van der Waals surface area contributed by atoms with Crippen LogP contribution in [-0.4, -0.2) is 87.7 Å². The van der Waals surface area contributed by atoms with Gasteiger partial charge in [-0.2, -0.15) is 0 Å². The summed E-state index contributed by atoms with van der Waals surface area (Å²) in [5.74, 6) is 1.56. The first-order valence-corrected chi connectivity index (χ1v) is 11.7. The molecule has 0 aliphatic carbocycles. The van der Waals surface area contributed by atoms with Gasteiger partial charge in [-0.25, -0.2) is 0 Å². The predicted molar refractivity (Wildman–Crippen MR) is 125 cm³/mol. The molecule has 3 rings (SSSR count). The fourth-order valence-corrected chi connectivity index (χ4v) is 4.51. The lowest BCUT2D eigenvalue weighted by molar-refractivity contribution is -0.131. The number of hydrogen-bond acceptors (Lipinski definition) is 4. The summed E-state index contributed by atoms with van der Waals surface area (Å²) in [6, 6.07) is 11.1. The van der Waals surface area contributed by atoms with Crippen molar-refractivity contribution in [1.29, 1.82) is 0 Å². The van der Waals surface area contributed by atoms with E-state index in [1.54, 1.807) is 14.2 Å². The van der Waals surface area contributed by atoms with Crippen molar-refractivity contribution in [2.75, 3.05) is 60.0 Å². The Morgan fingerprint density at radius 3 is 2.45 bits per heavy atom. The maximum atomic E-state index is 12.7. The number of carbonyl (C=O) groups is 1. The average molecular weight is 430 g/mol. The molecule has 2 saturated heterocycles. The number of rotatable bonds is 8. The van der Waals surface area contributed by atoms with Crippen LogP contribution in [-0.2, 0) is 16.0 Å². The second-order valence-electron chi connectivity index (χ2n) is 8.69. The number of nitrogens with one attached hydrogen (secondary N) is 2. The average Bonchev–Trinajstić information content (AvgIpc) is 2.82. The van der Waals surface area contributed by atoms with E-state index in [1.807, 2.05) is 4.90 Å². The zero-order valence-corrected chi connectivity index (χ0v) is 19.2. The van der Waals surface area contributed by atoms with Crippen LogP contribution in [0.2, 0.25) is 0 Å². The van der Waals surface area contributed by atoms with Crippen LogP contribution in [0.3, 0.4) is 0 Å². The molecule has 0 atom stereocenters. The Hall–Kier alpha value is -2.12. The van der Waals surface area contributed by atoms with Crippen LogP contribution in [0, 0.1) is 5.92 Å². The zero-order valence-electron chi connectivity index (χ0n) is 19.2. The van der Waals surface area contributed by atoms with Crippen LogP contribution in [0.25, 0.3) is 0 Å². The molecule has 2 aliphatic rings. The number of methoxy groups -OCH3 is 1. The van der Waals surface area contributed by atoms with Gasteiger partial charge in [0.2, 0.25) is 5.91 Å². The molecule has 0 radical (unpaired) electrons. The van der Waals surface area contributed by atoms with Gasteiger partial charge in [-0.05, 0) is 43.6 Å². The van der Waals surface area contributed by atoms with Crippen molar-refractivity contribution in [2.45, 2.75) is 38.1 Å². The van der Waals surface area contributed by atoms with Gasteiger partial charge in [0, 0.05) is 52.9 Å². The summed E-state index contributed by atoms with van der Waals surface area (Å²) in [5, 5.41) is 6.71. The maximum Gasteiger partial charge on any atom is 0.241 e. The number of carbonyl (C=O) groups excluding carboxylic acids is 1. The van der Waals surface area contributed by atoms with Crippen molar-refractivity contribution in [3.05, 3.63) is 35.9 Å². The molecule has 0 saturated carbocycles. The number of hydrogen-bond donors (Lipinski definition) is 2. The van der Waals surface area contributed by atoms with E-state index in [1.165, 1.54) is 5.56 Å². The minimum atomic E-state index is 0.162. The fraction of sp³-hybridized carbons (Fsp3) is 0.667. The van der Waals surface area contributed by atoms with Crippen LogP contribution in [0.4, 0.5) is 0 Å². The summed E-state index contributed by atoms with van der Waals surface area (Å²) in [6.45, 7) is 5.91. The monoisotopic (exact) mass is 429 g/mol. The lowest BCUT2D eigenvalue weighted by Gasteiger charge is -2.33. The minimum absolute atomic E-state index is 0.162. The molecular formula is C24H39N5O2. The topological polar surface area (TPSA) is 69.2 Å². The van der Waals surface area contributed by atoms with E-state index in [-0.39, 0.29) is 5.91 Å². The first-order chi connectivity index (χ1) is 15.2. The molecule has 2 aliphatic heterocycles. The van der Waals surface area contributed by atoms with E-state index < -0.39 is 0 Å². The Morgan fingerprint density at radius 2 is 1.81 bits per heavy atom. The number of aliphatic imine (C=N–C) groups is 1. The Kier molecular flexibility index (Phi) is 9.62. The van der Waals surface area contributed by atoms with Gasteiger partial charge in [0.15, 0.2) is 5.96 Å². The molecule has 2 heterocycles. The molecule has 0 spiro atoms. The summed E-state index contributed by atoms with van der Waals surface area (Å²) in [4.78, 5) is 21.4. The third-order valence-electron chi connectivity index (χ3n) is 6.51. The van der Waals surface area contributed by atoms with Gasteiger partial charge < -0.3 is 25.2 Å². The lowest BCUT2D eigenvalue weighted by atomic mass is 9.90. The van der Waals surface area contributed by atoms with E-state index in [2.05, 4.69) is 50.9 Å². The van der Waals surface area contributed by atoms with Gasteiger partial charge in [0.05, 0.1) is 13.2 Å². The van der Waals surface area contributed by atoms with Crippen molar-refractivity contribution >= 4 is 11.9 Å². The summed E-state index contributed by atoms with van der Waals surface area (Å²) in [5.41, 5.74) is 1.40. The summed E-state index contributed by atoms with van der Waals surface area (Å²) < 4.78 is 5.17. The predicted octanol–water partition coefficient (Wildman–Crippen LogP) is 1.74. The first-order valence-electron chi connectivity index (χ1n) is 11.7. The molecule has 0 bridgehead atoms. The second kappa shape index (κ2) is 12.7. The van der Waals surface area contributed by atoms with Crippen LogP contribution >= 0.6 is 0 Å². The number of piperidine rings is 2. The molecule has 172 valence electrons. The molecule has 2 N–H and O–H groups in total. The van der Waals surface area contributed by atoms with E-state index in [9.17, 15) is 4.79 Å². The van der Waals surface area contributed by atoms with Gasteiger partial charge >= 0.3 is 0 Å². The van der Waals surface area contributed by atoms with E-state index in [0.29, 0.717) is 18.5 Å². The Balaban J connectivity index is 1.33. The SMILES string of the molecule is CN=C(NCC(=O)N1CCC(Cc2ccccc2)CC1)NC1CCN(CCOC)CC1. The number of amides is 1. The molecule has 7 nitrogen and oxygen atoms in total. The molecule has 1 aromatic carbocycles. The van der Waals surface area contributed by atoms with E-state index in [0.717, 1.165) is 77.4 Å². The van der Waals surface area contributed by atoms with Gasteiger partial charge in [0.1, 0.15) is 0 Å². The number of nitrogens with zero attached hydrogens (tertiary/aromatic N) is 3. The normalized spacial score (nSPS) is 19.4. The highest BCUT2D eigenvalue weighted by molar-refractivity contribution is 5.86. The van der Waals surface area contributed by atoms with Crippen LogP contribution in [0.15, 0.2) is 35.3 Å². The molecule has 0 unspecified atom stereocenters. The van der Waals surface area contributed by atoms with E-state index in [4.69, 9.17) is 4.74 Å². The second-order valence-corrected chi connectivity index (χ2v) is 8.69. The highest BCUT2D eigenvalue weighted by Gasteiger charge is 2.24. The van der Waals surface area contributed by atoms with Crippen molar-refractivity contribution in [3.63, 3.8) is 0 Å². The first kappa shape index (κ1) is 23.5. The number of ether oxygens (including phenoxy) is 1. The summed E-state index contributed by atoms with van der Waals surface area (Å²) in [6.07, 6.45) is 5.42. The quantitative estimate of drug-likeness (QED) is 0.487. The molecular weight excluding hydrogens is 390 g/mol. The number of guanidine groups is 1. The van der Waals surface area contributed by atoms with Gasteiger partial charge in [-0.3, -0.25) is 9.79 Å². The molecule has 1 aromatic rings. The lowest BCUT2D eigenvalue weighted by Crippen LogP contribution is -2.51. The Bertz CT molecular complexity index is 680. The Labute approximate surface area is 187 Å².